The lowest BCUT2D eigenvalue weighted by atomic mass is 10.1. The third-order valence-corrected chi connectivity index (χ3v) is 4.48. The van der Waals surface area contributed by atoms with E-state index in [0.717, 1.165) is 56.4 Å². The van der Waals surface area contributed by atoms with Crippen molar-refractivity contribution in [2.75, 3.05) is 6.61 Å². The summed E-state index contributed by atoms with van der Waals surface area (Å²) in [6, 6.07) is 7.03. The van der Waals surface area contributed by atoms with Gasteiger partial charge in [-0.3, -0.25) is 0 Å². The fourth-order valence-electron chi connectivity index (χ4n) is 3.24. The molecule has 1 N–H and O–H groups in total. The molecule has 2 aromatic rings. The van der Waals surface area contributed by atoms with Crippen LogP contribution in [-0.2, 0) is 25.9 Å². The Kier molecular flexibility index (Phi) is 3.15. The van der Waals surface area contributed by atoms with Gasteiger partial charge in [0.15, 0.2) is 0 Å². The molecule has 4 rings (SSSR count). The van der Waals surface area contributed by atoms with Crippen LogP contribution in [0.15, 0.2) is 18.2 Å². The number of fused-ring (bicyclic) bond motifs is 2. The number of nitrogens with zero attached hydrogens (tertiary/aromatic N) is 3. The van der Waals surface area contributed by atoms with Gasteiger partial charge < -0.3 is 14.6 Å². The van der Waals surface area contributed by atoms with Gasteiger partial charge in [-0.15, -0.1) is 10.2 Å². The molecule has 0 bridgehead atoms. The minimum absolute atomic E-state index is 0.497. The van der Waals surface area contributed by atoms with Gasteiger partial charge in [-0.1, -0.05) is 12.1 Å². The first kappa shape index (κ1) is 12.8. The van der Waals surface area contributed by atoms with Crippen LogP contribution < -0.4 is 10.1 Å². The summed E-state index contributed by atoms with van der Waals surface area (Å²) >= 11 is 0. The summed E-state index contributed by atoms with van der Waals surface area (Å²) in [4.78, 5) is 0. The topological polar surface area (TPSA) is 52.0 Å². The van der Waals surface area contributed by atoms with E-state index < -0.39 is 0 Å². The second-order valence-corrected chi connectivity index (χ2v) is 5.93. The van der Waals surface area contributed by atoms with Crippen molar-refractivity contribution < 1.29 is 4.74 Å². The fraction of sp³-hybridized carbons (Fsp3) is 0.500. The number of nitrogens with one attached hydrogen (secondary N) is 1. The molecule has 1 aromatic heterocycles. The highest BCUT2D eigenvalue weighted by atomic mass is 16.5. The summed E-state index contributed by atoms with van der Waals surface area (Å²) in [5.41, 5.74) is 2.68. The molecule has 0 radical (unpaired) electrons. The molecule has 0 saturated heterocycles. The Labute approximate surface area is 124 Å². The van der Waals surface area contributed by atoms with E-state index in [-0.39, 0.29) is 0 Å². The van der Waals surface area contributed by atoms with E-state index in [1.807, 2.05) is 6.92 Å². The number of aromatic nitrogens is 3. The standard InChI is InChI=1S/C16H20N4O/c1-11-18-19-16-5-3-14(10-20(11)16)17-9-12-2-4-15-13(8-12)6-7-21-15/h2,4,8,14,17H,3,5-7,9-10H2,1H3/t14-/m1/s1. The molecule has 0 spiro atoms. The van der Waals surface area contributed by atoms with Gasteiger partial charge in [0.2, 0.25) is 0 Å². The van der Waals surface area contributed by atoms with Crippen molar-refractivity contribution in [1.82, 2.24) is 20.1 Å². The molecule has 2 aliphatic heterocycles. The SMILES string of the molecule is Cc1nnc2n1C[C@H](NCc1ccc3c(c1)CCO3)CC2. The third kappa shape index (κ3) is 2.42. The smallest absolute Gasteiger partial charge is 0.133 e. The van der Waals surface area contributed by atoms with Crippen LogP contribution in [-0.4, -0.2) is 27.4 Å². The molecule has 5 nitrogen and oxygen atoms in total. The average molecular weight is 284 g/mol. The third-order valence-electron chi connectivity index (χ3n) is 4.48. The van der Waals surface area contributed by atoms with Crippen molar-refractivity contribution in [2.45, 2.75) is 45.3 Å². The summed E-state index contributed by atoms with van der Waals surface area (Å²) in [6.45, 7) is 4.74. The Morgan fingerprint density at radius 2 is 2.29 bits per heavy atom. The van der Waals surface area contributed by atoms with Gasteiger partial charge >= 0.3 is 0 Å². The van der Waals surface area contributed by atoms with Crippen molar-refractivity contribution in [3.63, 3.8) is 0 Å². The predicted molar refractivity (Wildman–Crippen MR) is 79.3 cm³/mol. The van der Waals surface area contributed by atoms with E-state index in [4.69, 9.17) is 4.74 Å². The molecule has 0 unspecified atom stereocenters. The summed E-state index contributed by atoms with van der Waals surface area (Å²) in [6.07, 6.45) is 3.18. The molecular formula is C16H20N4O. The van der Waals surface area contributed by atoms with Crippen LogP contribution in [0.25, 0.3) is 0 Å². The van der Waals surface area contributed by atoms with Crippen molar-refractivity contribution in [3.05, 3.63) is 41.0 Å². The highest BCUT2D eigenvalue weighted by Gasteiger charge is 2.21. The molecule has 110 valence electrons. The van der Waals surface area contributed by atoms with Gasteiger partial charge in [-0.25, -0.2) is 0 Å². The number of aryl methyl sites for hydroxylation is 2. The zero-order valence-electron chi connectivity index (χ0n) is 12.3. The van der Waals surface area contributed by atoms with Crippen LogP contribution in [0.3, 0.4) is 0 Å². The highest BCUT2D eigenvalue weighted by Crippen LogP contribution is 2.26. The Bertz CT molecular complexity index is 664. The van der Waals surface area contributed by atoms with Crippen molar-refractivity contribution in [1.29, 1.82) is 0 Å². The molecule has 1 aromatic carbocycles. The fourth-order valence-corrected chi connectivity index (χ4v) is 3.24. The lowest BCUT2D eigenvalue weighted by molar-refractivity contribution is 0.356. The van der Waals surface area contributed by atoms with E-state index >= 15 is 0 Å². The van der Waals surface area contributed by atoms with Crippen LogP contribution in [0.4, 0.5) is 0 Å². The van der Waals surface area contributed by atoms with Crippen molar-refractivity contribution in [2.24, 2.45) is 0 Å². The summed E-state index contributed by atoms with van der Waals surface area (Å²) in [5, 5.41) is 12.1. The van der Waals surface area contributed by atoms with Gasteiger partial charge in [-0.05, 0) is 30.5 Å². The first-order chi connectivity index (χ1) is 10.3. The van der Waals surface area contributed by atoms with Crippen molar-refractivity contribution >= 4 is 0 Å². The van der Waals surface area contributed by atoms with Crippen molar-refractivity contribution in [3.8, 4) is 5.75 Å². The number of hydrogen-bond acceptors (Lipinski definition) is 4. The molecule has 0 fully saturated rings. The predicted octanol–water partition coefficient (Wildman–Crippen LogP) is 1.63. The molecule has 0 amide bonds. The van der Waals surface area contributed by atoms with Crippen LogP contribution in [0, 0.1) is 6.92 Å². The zero-order valence-corrected chi connectivity index (χ0v) is 12.3. The number of benzene rings is 1. The van der Waals surface area contributed by atoms with E-state index in [0.29, 0.717) is 6.04 Å². The monoisotopic (exact) mass is 284 g/mol. The largest absolute Gasteiger partial charge is 0.493 e. The van der Waals surface area contributed by atoms with Gasteiger partial charge in [0.1, 0.15) is 17.4 Å². The number of hydrogen-bond donors (Lipinski definition) is 1. The Morgan fingerprint density at radius 1 is 1.33 bits per heavy atom. The lowest BCUT2D eigenvalue weighted by Gasteiger charge is -2.25. The van der Waals surface area contributed by atoms with E-state index in [1.54, 1.807) is 0 Å². The van der Waals surface area contributed by atoms with Gasteiger partial charge in [-0.2, -0.15) is 0 Å². The van der Waals surface area contributed by atoms with E-state index in [2.05, 4.69) is 38.3 Å². The molecule has 0 saturated carbocycles. The number of ether oxygens (including phenoxy) is 1. The summed E-state index contributed by atoms with van der Waals surface area (Å²) < 4.78 is 7.79. The summed E-state index contributed by atoms with van der Waals surface area (Å²) in [5.74, 6) is 3.20. The van der Waals surface area contributed by atoms with E-state index in [1.165, 1.54) is 11.1 Å². The first-order valence-corrected chi connectivity index (χ1v) is 7.66. The zero-order chi connectivity index (χ0) is 14.2. The summed E-state index contributed by atoms with van der Waals surface area (Å²) in [7, 11) is 0. The second-order valence-electron chi connectivity index (χ2n) is 5.93. The maximum atomic E-state index is 5.55. The minimum atomic E-state index is 0.497. The Morgan fingerprint density at radius 3 is 3.24 bits per heavy atom. The van der Waals surface area contributed by atoms with Crippen LogP contribution >= 0.6 is 0 Å². The first-order valence-electron chi connectivity index (χ1n) is 7.66. The molecule has 21 heavy (non-hydrogen) atoms. The van der Waals surface area contributed by atoms with Gasteiger partial charge in [0, 0.05) is 32.0 Å². The Hall–Kier alpha value is -1.88. The quantitative estimate of drug-likeness (QED) is 0.930. The lowest BCUT2D eigenvalue weighted by Crippen LogP contribution is -2.37. The molecule has 0 aliphatic carbocycles. The maximum Gasteiger partial charge on any atom is 0.133 e. The van der Waals surface area contributed by atoms with E-state index in [9.17, 15) is 0 Å². The van der Waals surface area contributed by atoms with Crippen LogP contribution in [0.5, 0.6) is 5.75 Å². The molecule has 3 heterocycles. The minimum Gasteiger partial charge on any atom is -0.493 e. The van der Waals surface area contributed by atoms with Crippen LogP contribution in [0.2, 0.25) is 0 Å². The molecule has 1 atom stereocenters. The van der Waals surface area contributed by atoms with Crippen LogP contribution in [0.1, 0.15) is 29.2 Å². The molecule has 2 aliphatic rings. The second kappa shape index (κ2) is 5.15. The van der Waals surface area contributed by atoms with Gasteiger partial charge in [0.05, 0.1) is 6.61 Å². The molecule has 5 heteroatoms. The van der Waals surface area contributed by atoms with Gasteiger partial charge in [0.25, 0.3) is 0 Å². The normalized spacial score (nSPS) is 20.0. The average Bonchev–Trinajstić information content (AvgIpc) is 3.11. The Balaban J connectivity index is 1.40. The number of rotatable bonds is 3. The molecular weight excluding hydrogens is 264 g/mol. The highest BCUT2D eigenvalue weighted by molar-refractivity contribution is 5.39. The maximum absolute atomic E-state index is 5.55.